The van der Waals surface area contributed by atoms with Gasteiger partial charge in [-0.3, -0.25) is 9.59 Å². The first-order valence-electron chi connectivity index (χ1n) is 9.58. The van der Waals surface area contributed by atoms with Crippen LogP contribution in [0, 0.1) is 0 Å². The molecule has 7 nitrogen and oxygen atoms in total. The van der Waals surface area contributed by atoms with Gasteiger partial charge in [0.1, 0.15) is 0 Å². The Morgan fingerprint density at radius 1 is 1.14 bits per heavy atom. The highest BCUT2D eigenvalue weighted by atomic mass is 35.5. The summed E-state index contributed by atoms with van der Waals surface area (Å²) in [5.41, 5.74) is 2.71. The van der Waals surface area contributed by atoms with Gasteiger partial charge in [0.25, 0.3) is 5.91 Å². The van der Waals surface area contributed by atoms with E-state index < -0.39 is 0 Å². The first-order chi connectivity index (χ1) is 13.6. The summed E-state index contributed by atoms with van der Waals surface area (Å²) in [5.74, 6) is 0.990. The molecule has 2 aromatic rings. The van der Waals surface area contributed by atoms with Gasteiger partial charge in [0.15, 0.2) is 11.5 Å². The summed E-state index contributed by atoms with van der Waals surface area (Å²) in [6, 6.07) is 8.87. The number of rotatable bonds is 8. The van der Waals surface area contributed by atoms with Crippen molar-refractivity contribution in [3.8, 4) is 11.5 Å². The van der Waals surface area contributed by atoms with Crippen molar-refractivity contribution >= 4 is 18.3 Å². The van der Waals surface area contributed by atoms with Crippen LogP contribution >= 0.6 is 12.4 Å². The molecular weight excluding hydrogens is 394 g/mol. The van der Waals surface area contributed by atoms with Crippen molar-refractivity contribution in [2.24, 2.45) is 0 Å². The minimum absolute atomic E-state index is 0. The Bertz CT molecular complexity index is 884. The lowest BCUT2D eigenvalue weighted by Gasteiger charge is -2.26. The molecule has 1 heterocycles. The molecule has 29 heavy (non-hydrogen) atoms. The van der Waals surface area contributed by atoms with E-state index in [1.165, 1.54) is 5.56 Å². The Balaban J connectivity index is 0.00000300. The van der Waals surface area contributed by atoms with E-state index in [4.69, 9.17) is 9.47 Å². The fourth-order valence-corrected chi connectivity index (χ4v) is 3.56. The van der Waals surface area contributed by atoms with Crippen LogP contribution in [0.25, 0.3) is 0 Å². The molecule has 1 aliphatic rings. The smallest absolute Gasteiger partial charge is 0.251 e. The largest absolute Gasteiger partial charge is 0.493 e. The van der Waals surface area contributed by atoms with E-state index in [-0.39, 0.29) is 29.9 Å². The van der Waals surface area contributed by atoms with Crippen LogP contribution in [0.2, 0.25) is 0 Å². The summed E-state index contributed by atoms with van der Waals surface area (Å²) >= 11 is 0. The Morgan fingerprint density at radius 2 is 1.93 bits per heavy atom. The van der Waals surface area contributed by atoms with Gasteiger partial charge in [-0.25, -0.2) is 0 Å². The highest BCUT2D eigenvalue weighted by Gasteiger charge is 2.20. The van der Waals surface area contributed by atoms with E-state index in [2.05, 4.69) is 15.6 Å². The summed E-state index contributed by atoms with van der Waals surface area (Å²) in [5, 5.41) is 6.46. The second kappa shape index (κ2) is 10.9. The fourth-order valence-electron chi connectivity index (χ4n) is 3.56. The Labute approximate surface area is 176 Å². The van der Waals surface area contributed by atoms with Crippen LogP contribution in [0.3, 0.4) is 0 Å². The normalized spacial score (nSPS) is 15.0. The number of carbonyl (C=O) groups is 1. The van der Waals surface area contributed by atoms with Crippen molar-refractivity contribution in [2.45, 2.75) is 31.7 Å². The first-order valence-corrected chi connectivity index (χ1v) is 9.58. The molecule has 1 amide bonds. The van der Waals surface area contributed by atoms with E-state index in [0.717, 1.165) is 37.9 Å². The zero-order chi connectivity index (χ0) is 19.9. The van der Waals surface area contributed by atoms with E-state index in [9.17, 15) is 9.59 Å². The zero-order valence-electron chi connectivity index (χ0n) is 16.7. The van der Waals surface area contributed by atoms with Crippen LogP contribution in [0.4, 0.5) is 0 Å². The van der Waals surface area contributed by atoms with Gasteiger partial charge in [0, 0.05) is 29.9 Å². The van der Waals surface area contributed by atoms with Crippen molar-refractivity contribution < 1.29 is 14.3 Å². The van der Waals surface area contributed by atoms with Crippen LogP contribution in [-0.2, 0) is 6.42 Å². The number of aromatic amines is 1. The number of aromatic nitrogens is 1. The predicted molar refractivity (Wildman–Crippen MR) is 114 cm³/mol. The van der Waals surface area contributed by atoms with Crippen LogP contribution in [-0.4, -0.2) is 38.2 Å². The number of amides is 1. The highest BCUT2D eigenvalue weighted by molar-refractivity contribution is 5.94. The molecule has 1 aromatic heterocycles. The summed E-state index contributed by atoms with van der Waals surface area (Å²) in [6.07, 6.45) is 3.84. The molecule has 0 unspecified atom stereocenters. The molecule has 0 fully saturated rings. The number of benzene rings is 1. The second-order valence-corrected chi connectivity index (χ2v) is 6.83. The van der Waals surface area contributed by atoms with Crippen molar-refractivity contribution in [3.05, 3.63) is 57.5 Å². The first kappa shape index (κ1) is 22.8. The monoisotopic (exact) mass is 421 g/mol. The molecule has 8 heteroatoms. The number of aryl methyl sites for hydroxylation is 1. The highest BCUT2D eigenvalue weighted by Crippen LogP contribution is 2.28. The predicted octanol–water partition coefficient (Wildman–Crippen LogP) is 2.60. The number of halogens is 1. The van der Waals surface area contributed by atoms with Gasteiger partial charge < -0.3 is 25.1 Å². The van der Waals surface area contributed by atoms with Gasteiger partial charge in [-0.15, -0.1) is 12.4 Å². The number of ether oxygens (including phenoxy) is 2. The molecule has 158 valence electrons. The minimum atomic E-state index is -0.137. The Morgan fingerprint density at radius 3 is 2.69 bits per heavy atom. The zero-order valence-corrected chi connectivity index (χ0v) is 17.6. The summed E-state index contributed by atoms with van der Waals surface area (Å²) < 4.78 is 10.4. The molecule has 0 saturated carbocycles. The lowest BCUT2D eigenvalue weighted by atomic mass is 9.91. The summed E-state index contributed by atoms with van der Waals surface area (Å²) in [6.45, 7) is 1.36. The maximum Gasteiger partial charge on any atom is 0.251 e. The van der Waals surface area contributed by atoms with Gasteiger partial charge in [0.2, 0.25) is 5.56 Å². The Hall–Kier alpha value is -2.51. The van der Waals surface area contributed by atoms with Crippen LogP contribution < -0.4 is 25.7 Å². The quantitative estimate of drug-likeness (QED) is 0.570. The van der Waals surface area contributed by atoms with E-state index in [1.807, 2.05) is 6.07 Å². The second-order valence-electron chi connectivity index (χ2n) is 6.83. The lowest BCUT2D eigenvalue weighted by Crippen LogP contribution is -2.31. The number of pyridine rings is 1. The molecule has 0 spiro atoms. The third kappa shape index (κ3) is 5.74. The number of H-pyrrole nitrogens is 1. The maximum absolute atomic E-state index is 12.3. The average Bonchev–Trinajstić information content (AvgIpc) is 2.72. The maximum atomic E-state index is 12.3. The van der Waals surface area contributed by atoms with Crippen molar-refractivity contribution in [1.29, 1.82) is 0 Å². The SMILES string of the molecule is COc1ccc(C(=O)NCCCN[C@H]2CCCc3[nH]c(=O)ccc32)cc1OC.Cl. The molecule has 0 radical (unpaired) electrons. The molecule has 1 aromatic carbocycles. The lowest BCUT2D eigenvalue weighted by molar-refractivity contribution is 0.0952. The fraction of sp³-hybridized carbons (Fsp3) is 0.429. The summed E-state index contributed by atoms with van der Waals surface area (Å²) in [4.78, 5) is 26.7. The van der Waals surface area contributed by atoms with E-state index in [1.54, 1.807) is 38.5 Å². The number of carbonyl (C=O) groups excluding carboxylic acids is 1. The van der Waals surface area contributed by atoms with Crippen LogP contribution in [0.15, 0.2) is 35.1 Å². The van der Waals surface area contributed by atoms with Crippen LogP contribution in [0.1, 0.15) is 46.9 Å². The Kier molecular flexibility index (Phi) is 8.54. The summed E-state index contributed by atoms with van der Waals surface area (Å²) in [7, 11) is 3.11. The van der Waals surface area contributed by atoms with Gasteiger partial charge in [-0.1, -0.05) is 6.07 Å². The van der Waals surface area contributed by atoms with Gasteiger partial charge >= 0.3 is 0 Å². The minimum Gasteiger partial charge on any atom is -0.493 e. The van der Waals surface area contributed by atoms with E-state index in [0.29, 0.717) is 23.6 Å². The molecule has 0 saturated heterocycles. The number of hydrogen-bond acceptors (Lipinski definition) is 5. The number of hydrogen-bond donors (Lipinski definition) is 3. The molecule has 0 aliphatic heterocycles. The average molecular weight is 422 g/mol. The van der Waals surface area contributed by atoms with Crippen molar-refractivity contribution in [1.82, 2.24) is 15.6 Å². The molecule has 3 N–H and O–H groups in total. The van der Waals surface area contributed by atoms with Crippen molar-refractivity contribution in [3.63, 3.8) is 0 Å². The third-order valence-electron chi connectivity index (χ3n) is 5.01. The van der Waals surface area contributed by atoms with Gasteiger partial charge in [0.05, 0.1) is 14.2 Å². The van der Waals surface area contributed by atoms with E-state index >= 15 is 0 Å². The standard InChI is InChI=1S/C21H27N3O4.ClH/c1-27-18-9-7-14(13-19(18)28-2)21(26)23-12-4-11-22-16-5-3-6-17-15(16)8-10-20(25)24-17;/h7-10,13,16,22H,3-6,11-12H2,1-2H3,(H,23,26)(H,24,25);1H/t16-;/m0./s1. The molecule has 0 bridgehead atoms. The molecule has 1 aliphatic carbocycles. The molecule has 1 atom stereocenters. The number of nitrogens with one attached hydrogen (secondary N) is 3. The molecular formula is C21H28ClN3O4. The topological polar surface area (TPSA) is 92.5 Å². The van der Waals surface area contributed by atoms with Gasteiger partial charge in [-0.05, 0) is 56.0 Å². The number of methoxy groups -OCH3 is 2. The van der Waals surface area contributed by atoms with Gasteiger partial charge in [-0.2, -0.15) is 0 Å². The third-order valence-corrected chi connectivity index (χ3v) is 5.01. The molecule has 3 rings (SSSR count). The number of fused-ring (bicyclic) bond motifs is 1. The van der Waals surface area contributed by atoms with Crippen LogP contribution in [0.5, 0.6) is 11.5 Å². The van der Waals surface area contributed by atoms with Crippen molar-refractivity contribution in [2.75, 3.05) is 27.3 Å².